The first-order valence-electron chi connectivity index (χ1n) is 47.6. The fourth-order valence-corrected chi connectivity index (χ4v) is 18.0. The maximum atomic E-state index is 14.6. The topological polar surface area (TPSA) is 745 Å². The molecule has 7 aliphatic heterocycles. The van der Waals surface area contributed by atoms with Gasteiger partial charge in [0.1, 0.15) is 153 Å². The van der Waals surface area contributed by atoms with Gasteiger partial charge in [-0.3, -0.25) is 19.2 Å². The third-order valence-electron chi connectivity index (χ3n) is 25.7. The largest absolute Gasteiger partial charge is 0.477 e. The predicted molar refractivity (Wildman–Crippen MR) is 462 cm³/mol. The Hall–Kier alpha value is -4.84. The minimum atomic E-state index is -3.75. The van der Waals surface area contributed by atoms with E-state index >= 15 is 0 Å². The van der Waals surface area contributed by atoms with Crippen molar-refractivity contribution in [3.8, 4) is 0 Å². The van der Waals surface area contributed by atoms with Crippen molar-refractivity contribution in [1.82, 2.24) is 21.3 Å². The molecule has 135 heavy (non-hydrogen) atoms. The van der Waals surface area contributed by atoms with E-state index in [9.17, 15) is 146 Å². The van der Waals surface area contributed by atoms with E-state index < -0.39 is 333 Å². The first kappa shape index (κ1) is 117. The Labute approximate surface area is 784 Å². The predicted octanol–water partition coefficient (Wildman–Crippen LogP) is -5.80. The molecule has 7 heterocycles. The van der Waals surface area contributed by atoms with E-state index in [1.807, 2.05) is 0 Å². The standard InChI is InChI=1S/C88H154N4O43/c1-7-9-11-13-15-17-19-21-23-25-27-29-31-33-49(102)48(92-58(106)34-32-30-28-26-24-22-20-18-16-14-12-10-8-2)43-122-81-71(116)69(114)73(56(41-97)126-81)128-83-72(117)78(135-88(86(120)121)36-51(104)60(90-46(5)100)77(134-88)66(111)55(40-96)132-87(85(118)119)35-50(103)59(89-45(4)99)76(133-87)63(108)52(105)37-93)74(57(42-98)127-83)129-80-61(91-47(6)101)75(65(110)54(39-95)124-80)130-84-79(68(113)64(109)53(38-94)125-84)131-82-70(115)67(112)62(107)44(3)123-82/h31,33,44,48-57,59-84,93-98,102-105,107-117H,7-30,32,34-43H2,1-6H3,(H,89,99)(H,90,100)(H,91,101)(H,92,106)(H,118,119)(H,120,121)/b33-31+/t44?,48-,49+,50?,51?,52+,53?,54?,55+,56?,57?,59+,60+,61?,62+,63+,64-,65-,66+,67?,68-,69+,70-,71?,72?,73+,74-,75+,76?,77?,78+,79?,80-,81+,82+,83-,84-,87+,88-/m0/s1. The Kier molecular flexibility index (Phi) is 50.4. The molecule has 7 aliphatic rings. The third kappa shape index (κ3) is 32.8. The number of hydrogen-bond donors (Lipinski definition) is 27. The molecule has 0 bridgehead atoms. The van der Waals surface area contributed by atoms with Crippen molar-refractivity contribution in [3.05, 3.63) is 12.2 Å². The van der Waals surface area contributed by atoms with Gasteiger partial charge in [0.25, 0.3) is 11.6 Å². The molecular formula is C88H154N4O43. The zero-order chi connectivity index (χ0) is 99.7. The van der Waals surface area contributed by atoms with E-state index in [0.717, 1.165) is 91.4 Å². The number of allylic oxidation sites excluding steroid dienone is 1. The van der Waals surface area contributed by atoms with Gasteiger partial charge < -0.3 is 205 Å². The summed E-state index contributed by atoms with van der Waals surface area (Å²) in [6, 6.07) is -7.34. The van der Waals surface area contributed by atoms with Gasteiger partial charge in [0, 0.05) is 40.0 Å². The van der Waals surface area contributed by atoms with Crippen molar-refractivity contribution >= 4 is 35.6 Å². The molecule has 0 aromatic carbocycles. The average molecular weight is 1960 g/mol. The van der Waals surface area contributed by atoms with Gasteiger partial charge in [-0.15, -0.1) is 0 Å². The number of rotatable bonds is 59. The van der Waals surface area contributed by atoms with E-state index in [1.54, 1.807) is 6.08 Å². The van der Waals surface area contributed by atoms with Crippen LogP contribution in [0.5, 0.6) is 0 Å². The Morgan fingerprint density at radius 1 is 0.415 bits per heavy atom. The monoisotopic (exact) mass is 1950 g/mol. The molecule has 0 radical (unpaired) electrons. The number of amides is 4. The number of hydrogen-bond acceptors (Lipinski definition) is 41. The summed E-state index contributed by atoms with van der Waals surface area (Å²) in [5, 5.41) is 272. The van der Waals surface area contributed by atoms with E-state index in [2.05, 4.69) is 35.1 Å². The number of aliphatic hydroxyl groups is 21. The van der Waals surface area contributed by atoms with E-state index in [0.29, 0.717) is 12.8 Å². The second-order valence-electron chi connectivity index (χ2n) is 36.3. The van der Waals surface area contributed by atoms with Crippen LogP contribution in [0.1, 0.15) is 221 Å². The van der Waals surface area contributed by atoms with Crippen LogP contribution in [-0.4, -0.2) is 437 Å². The Bertz CT molecular complexity index is 3480. The summed E-state index contributed by atoms with van der Waals surface area (Å²) in [4.78, 5) is 81.1. The molecule has 39 atom stereocenters. The highest BCUT2D eigenvalue weighted by atomic mass is 16.8. The van der Waals surface area contributed by atoms with Gasteiger partial charge >= 0.3 is 11.9 Å². The highest BCUT2D eigenvalue weighted by molar-refractivity contribution is 5.78. The van der Waals surface area contributed by atoms with Crippen LogP contribution in [0.3, 0.4) is 0 Å². The molecule has 27 N–H and O–H groups in total. The fraction of sp³-hybridized carbons (Fsp3) is 0.909. The van der Waals surface area contributed by atoms with Gasteiger partial charge in [-0.2, -0.15) is 0 Å². The van der Waals surface area contributed by atoms with Crippen LogP contribution in [0.2, 0.25) is 0 Å². The van der Waals surface area contributed by atoms with E-state index in [-0.39, 0.29) is 6.42 Å². The first-order chi connectivity index (χ1) is 64.3. The molecule has 47 heteroatoms. The molecule has 0 aromatic rings. The smallest absolute Gasteiger partial charge is 0.364 e. The van der Waals surface area contributed by atoms with Crippen LogP contribution in [0.25, 0.3) is 0 Å². The minimum absolute atomic E-state index is 0.0687. The quantitative estimate of drug-likeness (QED) is 0.0199. The molecule has 0 saturated carbocycles. The highest BCUT2D eigenvalue weighted by Gasteiger charge is 2.65. The molecule has 7 saturated heterocycles. The van der Waals surface area contributed by atoms with Gasteiger partial charge in [-0.25, -0.2) is 9.59 Å². The van der Waals surface area contributed by atoms with Gasteiger partial charge in [0.05, 0.1) is 88.8 Å². The second-order valence-corrected chi connectivity index (χ2v) is 36.3. The lowest BCUT2D eigenvalue weighted by molar-refractivity contribution is -0.406. The first-order valence-corrected chi connectivity index (χ1v) is 47.6. The van der Waals surface area contributed by atoms with Gasteiger partial charge in [-0.1, -0.05) is 167 Å². The zero-order valence-electron chi connectivity index (χ0n) is 77.7. The van der Waals surface area contributed by atoms with Crippen molar-refractivity contribution in [2.45, 2.75) is 459 Å². The van der Waals surface area contributed by atoms with Crippen molar-refractivity contribution < 1.29 is 213 Å². The van der Waals surface area contributed by atoms with Crippen LogP contribution in [0.4, 0.5) is 0 Å². The Morgan fingerprint density at radius 3 is 1.35 bits per heavy atom. The van der Waals surface area contributed by atoms with Crippen LogP contribution in [0.15, 0.2) is 12.2 Å². The third-order valence-corrected chi connectivity index (χ3v) is 25.7. The van der Waals surface area contributed by atoms with E-state index in [1.165, 1.54) is 90.0 Å². The number of carbonyl (C=O) groups is 6. The van der Waals surface area contributed by atoms with Gasteiger partial charge in [0.15, 0.2) is 31.5 Å². The van der Waals surface area contributed by atoms with Crippen LogP contribution in [-0.2, 0) is 95.1 Å². The molecule has 4 amide bonds. The lowest BCUT2D eigenvalue weighted by Gasteiger charge is -2.53. The molecule has 47 nitrogen and oxygen atoms in total. The van der Waals surface area contributed by atoms with Crippen LogP contribution in [0, 0.1) is 0 Å². The number of carboxylic acids is 2. The van der Waals surface area contributed by atoms with Crippen molar-refractivity contribution in [3.63, 3.8) is 0 Å². The number of carbonyl (C=O) groups excluding carboxylic acids is 4. The number of carboxylic acid groups (broad SMARTS) is 2. The molecule has 0 spiro atoms. The van der Waals surface area contributed by atoms with E-state index in [4.69, 9.17) is 66.3 Å². The van der Waals surface area contributed by atoms with Crippen LogP contribution >= 0.6 is 0 Å². The highest BCUT2D eigenvalue weighted by Crippen LogP contribution is 2.44. The molecule has 14 unspecified atom stereocenters. The summed E-state index contributed by atoms with van der Waals surface area (Å²) in [5.74, 6) is -15.3. The summed E-state index contributed by atoms with van der Waals surface area (Å²) >= 11 is 0. The van der Waals surface area contributed by atoms with Crippen molar-refractivity contribution in [1.29, 1.82) is 0 Å². The van der Waals surface area contributed by atoms with Crippen molar-refractivity contribution in [2.75, 3.05) is 46.2 Å². The summed E-state index contributed by atoms with van der Waals surface area (Å²) in [6.07, 6.45) is -45.9. The lowest BCUT2D eigenvalue weighted by atomic mass is 9.87. The maximum absolute atomic E-state index is 14.6. The number of ether oxygens (including phenoxy) is 14. The summed E-state index contributed by atoms with van der Waals surface area (Å²) in [5.41, 5.74) is 0. The zero-order valence-corrected chi connectivity index (χ0v) is 77.7. The Morgan fingerprint density at radius 2 is 0.837 bits per heavy atom. The summed E-state index contributed by atoms with van der Waals surface area (Å²) in [7, 11) is 0. The normalized spacial score (nSPS) is 37.2. The second kappa shape index (κ2) is 58.1. The maximum Gasteiger partial charge on any atom is 0.364 e. The molecule has 7 fully saturated rings. The fourth-order valence-electron chi connectivity index (χ4n) is 18.0. The number of unbranched alkanes of at least 4 members (excludes halogenated alkanes) is 23. The van der Waals surface area contributed by atoms with Crippen LogP contribution < -0.4 is 21.3 Å². The lowest BCUT2D eigenvalue weighted by Crippen LogP contribution is -2.73. The number of aliphatic carboxylic acids is 2. The molecular weight excluding hydrogens is 1800 g/mol. The van der Waals surface area contributed by atoms with Gasteiger partial charge in [-0.05, 0) is 26.2 Å². The summed E-state index contributed by atoms with van der Waals surface area (Å²) in [6.45, 7) is -0.131. The summed E-state index contributed by atoms with van der Waals surface area (Å²) < 4.78 is 84.7. The number of aliphatic hydroxyl groups excluding tert-OH is 21. The van der Waals surface area contributed by atoms with Crippen molar-refractivity contribution in [2.24, 2.45) is 0 Å². The molecule has 7 rings (SSSR count). The number of nitrogens with one attached hydrogen (secondary N) is 4. The minimum Gasteiger partial charge on any atom is -0.477 e. The van der Waals surface area contributed by atoms with Gasteiger partial charge in [0.2, 0.25) is 23.6 Å². The molecule has 0 aliphatic carbocycles. The Balaban J connectivity index is 1.24. The molecule has 0 aromatic heterocycles. The molecule has 784 valence electrons. The SMILES string of the molecule is CCCCCCCCCCCCC/C=C/[C@@H](O)[C@H](CO[C@@H]1OC(CO)[C@@H](O[C@@H]2OC(CO)[C@H](O[C@@H]3OC(CO)[C@H](O)[C@H](O[C@@H]4OC(CO)[C@H](O)[C@H](O)C4O[C@H]4OC(C)[C@@H](O)C(O)[C@@H]4O)C3NC(C)=O)[C@H](O[C@]3(C(=O)O)CC(O)[C@@H](NC(C)=O)C([C@H](O)[C@@H](CO)O[C@]4(C(=O)O)CC(O)[C@@H](NC(C)=O)C([C@H](O)[C@H](O)CO)O4)O3)C2O)[C@H](O)C1O)NC(=O)CCCCCCCCCCCCCCC. The average Bonchev–Trinajstić information content (AvgIpc) is 0.738.